The van der Waals surface area contributed by atoms with Gasteiger partial charge in [-0.25, -0.2) is 9.97 Å². The Morgan fingerprint density at radius 2 is 2.03 bits per heavy atom. The molecule has 0 saturated carbocycles. The van der Waals surface area contributed by atoms with E-state index in [4.69, 9.17) is 21.1 Å². The van der Waals surface area contributed by atoms with Crippen LogP contribution in [0.1, 0.15) is 22.8 Å². The second-order valence-electron chi connectivity index (χ2n) is 8.06. The molecule has 0 radical (unpaired) electrons. The predicted octanol–water partition coefficient (Wildman–Crippen LogP) is 4.40. The maximum atomic E-state index is 13.5. The molecule has 5 rings (SSSR count). The number of H-pyrrole nitrogens is 1. The van der Waals surface area contributed by atoms with E-state index in [1.165, 1.54) is 13.3 Å². The smallest absolute Gasteiger partial charge is 0.252 e. The molecule has 4 aromatic rings. The monoisotopic (exact) mass is 477 g/mol. The van der Waals surface area contributed by atoms with Crippen LogP contribution in [-0.4, -0.2) is 45.9 Å². The van der Waals surface area contributed by atoms with Gasteiger partial charge in [0.15, 0.2) is 5.78 Å². The summed E-state index contributed by atoms with van der Waals surface area (Å²) in [6.45, 7) is 1.87. The van der Waals surface area contributed by atoms with Gasteiger partial charge in [0.2, 0.25) is 5.88 Å². The molecular weight excluding hydrogens is 458 g/mol. The van der Waals surface area contributed by atoms with E-state index in [0.29, 0.717) is 45.2 Å². The highest BCUT2D eigenvalue weighted by atomic mass is 35.5. The number of nitrogens with one attached hydrogen (secondary N) is 3. The number of hydrogen-bond donors (Lipinski definition) is 3. The van der Waals surface area contributed by atoms with Crippen LogP contribution in [0.2, 0.25) is 5.02 Å². The van der Waals surface area contributed by atoms with Gasteiger partial charge in [-0.3, -0.25) is 9.59 Å². The molecule has 1 aliphatic heterocycles. The zero-order valence-corrected chi connectivity index (χ0v) is 19.1. The van der Waals surface area contributed by atoms with E-state index in [-0.39, 0.29) is 23.3 Å². The van der Waals surface area contributed by atoms with Crippen LogP contribution < -0.4 is 15.4 Å². The van der Waals surface area contributed by atoms with E-state index < -0.39 is 5.54 Å². The highest BCUT2D eigenvalue weighted by Gasteiger charge is 2.39. The van der Waals surface area contributed by atoms with Gasteiger partial charge in [-0.2, -0.15) is 0 Å². The number of nitrogens with zero attached hydrogens (tertiary/aromatic N) is 2. The molecule has 0 unspecified atom stereocenters. The number of amides is 1. The van der Waals surface area contributed by atoms with Gasteiger partial charge in [0.25, 0.3) is 5.91 Å². The molecule has 172 valence electrons. The van der Waals surface area contributed by atoms with Crippen LogP contribution in [0.3, 0.4) is 0 Å². The molecule has 0 bridgehead atoms. The van der Waals surface area contributed by atoms with E-state index in [9.17, 15) is 9.59 Å². The van der Waals surface area contributed by atoms with Gasteiger partial charge < -0.3 is 25.1 Å². The van der Waals surface area contributed by atoms with Crippen molar-refractivity contribution in [1.29, 1.82) is 0 Å². The van der Waals surface area contributed by atoms with Crippen molar-refractivity contribution in [3.05, 3.63) is 71.1 Å². The Morgan fingerprint density at radius 3 is 2.76 bits per heavy atom. The van der Waals surface area contributed by atoms with Gasteiger partial charge in [0.1, 0.15) is 16.9 Å². The van der Waals surface area contributed by atoms with Crippen molar-refractivity contribution in [1.82, 2.24) is 15.0 Å². The third-order valence-corrected chi connectivity index (χ3v) is 5.89. The van der Waals surface area contributed by atoms with Crippen molar-refractivity contribution < 1.29 is 19.1 Å². The lowest BCUT2D eigenvalue weighted by Crippen LogP contribution is -2.53. The number of halogens is 1. The lowest BCUT2D eigenvalue weighted by molar-refractivity contribution is -0.121. The average Bonchev–Trinajstić information content (AvgIpc) is 3.25. The van der Waals surface area contributed by atoms with Crippen molar-refractivity contribution >= 4 is 45.7 Å². The van der Waals surface area contributed by atoms with Crippen molar-refractivity contribution in [2.45, 2.75) is 12.5 Å². The summed E-state index contributed by atoms with van der Waals surface area (Å²) >= 11 is 6.47. The number of benzene rings is 1. The Bertz CT molecular complexity index is 1420. The number of aromatic amines is 1. The molecule has 10 heteroatoms. The first-order valence-corrected chi connectivity index (χ1v) is 10.8. The second-order valence-corrected chi connectivity index (χ2v) is 8.47. The molecule has 1 aliphatic rings. The topological polar surface area (TPSA) is 118 Å². The Hall–Kier alpha value is -3.95. The van der Waals surface area contributed by atoms with Gasteiger partial charge in [0.05, 0.1) is 40.2 Å². The molecule has 3 aromatic heterocycles. The number of carbonyl (C=O) groups excluding carboxylic acids is 2. The predicted molar refractivity (Wildman–Crippen MR) is 128 cm³/mol. The highest BCUT2D eigenvalue weighted by molar-refractivity contribution is 6.36. The molecule has 9 nitrogen and oxygen atoms in total. The fourth-order valence-electron chi connectivity index (χ4n) is 3.90. The van der Waals surface area contributed by atoms with E-state index in [2.05, 4.69) is 25.6 Å². The molecular formula is C24H20ClN5O4. The number of aromatic nitrogens is 3. The van der Waals surface area contributed by atoms with Crippen molar-refractivity contribution in [2.24, 2.45) is 0 Å². The molecule has 0 aliphatic carbocycles. The number of methoxy groups -OCH3 is 1. The maximum Gasteiger partial charge on any atom is 0.252 e. The van der Waals surface area contributed by atoms with Crippen LogP contribution in [-0.2, 0) is 9.53 Å². The summed E-state index contributed by atoms with van der Waals surface area (Å²) in [4.78, 5) is 37.6. The van der Waals surface area contributed by atoms with Crippen LogP contribution in [0.15, 0.2) is 55.0 Å². The summed E-state index contributed by atoms with van der Waals surface area (Å²) in [5.41, 5.74) is 1.20. The zero-order valence-electron chi connectivity index (χ0n) is 18.3. The number of carbonyl (C=O) groups is 2. The Balaban J connectivity index is 1.52. The zero-order chi connectivity index (χ0) is 23.9. The van der Waals surface area contributed by atoms with Crippen LogP contribution in [0.5, 0.6) is 11.6 Å². The molecule has 1 aromatic carbocycles. The third-order valence-electron chi connectivity index (χ3n) is 5.57. The molecule has 0 fully saturated rings. The fraction of sp³-hybridized carbons (Fsp3) is 0.167. The SMILES string of the molecule is COC[C@]1(C)Nc2c(cnc3[nH]cc(C(=O)c4ccc(Oc5ccccn5)cc4Cl)c23)NC1=O. The molecule has 4 heterocycles. The summed E-state index contributed by atoms with van der Waals surface area (Å²) in [7, 11) is 1.52. The minimum absolute atomic E-state index is 0.138. The minimum atomic E-state index is -1.02. The Kier molecular flexibility index (Phi) is 5.43. The van der Waals surface area contributed by atoms with E-state index in [1.54, 1.807) is 49.6 Å². The van der Waals surface area contributed by atoms with Crippen LogP contribution in [0.25, 0.3) is 11.0 Å². The number of anilines is 2. The standard InChI is InChI=1S/C24H20ClN5O4/c1-24(12-33-2)23(32)29-17-11-28-22-19(20(17)30-24)15(10-27-22)21(31)14-7-6-13(9-16(14)25)34-18-5-3-4-8-26-18/h3-11,30H,12H2,1-2H3,(H,27,28)(H,29,32)/t24-/m0/s1. The van der Waals surface area contributed by atoms with Gasteiger partial charge in [-0.1, -0.05) is 17.7 Å². The number of rotatable bonds is 6. The lowest BCUT2D eigenvalue weighted by Gasteiger charge is -2.35. The normalized spacial score (nSPS) is 17.1. The van der Waals surface area contributed by atoms with Gasteiger partial charge in [0, 0.05) is 37.2 Å². The maximum absolute atomic E-state index is 13.5. The number of ketones is 1. The third kappa shape index (κ3) is 3.74. The number of hydrogen-bond acceptors (Lipinski definition) is 7. The molecule has 34 heavy (non-hydrogen) atoms. The first-order valence-electron chi connectivity index (χ1n) is 10.4. The summed E-state index contributed by atoms with van der Waals surface area (Å²) in [5, 5.41) is 6.87. The van der Waals surface area contributed by atoms with Crippen molar-refractivity contribution in [3.63, 3.8) is 0 Å². The van der Waals surface area contributed by atoms with Crippen molar-refractivity contribution in [3.8, 4) is 11.6 Å². The summed E-state index contributed by atoms with van der Waals surface area (Å²) in [6.07, 6.45) is 4.74. The quantitative estimate of drug-likeness (QED) is 0.352. The van der Waals surface area contributed by atoms with E-state index in [0.717, 1.165) is 0 Å². The van der Waals surface area contributed by atoms with Gasteiger partial charge >= 0.3 is 0 Å². The molecule has 0 spiro atoms. The summed E-state index contributed by atoms with van der Waals surface area (Å²) in [5.74, 6) is 0.318. The highest BCUT2D eigenvalue weighted by Crippen LogP contribution is 2.39. The lowest BCUT2D eigenvalue weighted by atomic mass is 9.96. The van der Waals surface area contributed by atoms with Crippen LogP contribution in [0, 0.1) is 0 Å². The summed E-state index contributed by atoms with van der Waals surface area (Å²) in [6, 6.07) is 10.1. The minimum Gasteiger partial charge on any atom is -0.439 e. The number of fused-ring (bicyclic) bond motifs is 3. The van der Waals surface area contributed by atoms with E-state index in [1.807, 2.05) is 6.07 Å². The van der Waals surface area contributed by atoms with E-state index >= 15 is 0 Å². The molecule has 1 amide bonds. The first-order chi connectivity index (χ1) is 16.4. The summed E-state index contributed by atoms with van der Waals surface area (Å²) < 4.78 is 10.9. The van der Waals surface area contributed by atoms with Gasteiger partial charge in [-0.15, -0.1) is 0 Å². The molecule has 3 N–H and O–H groups in total. The number of ether oxygens (including phenoxy) is 2. The molecule has 1 atom stereocenters. The fourth-order valence-corrected chi connectivity index (χ4v) is 4.16. The second kappa shape index (κ2) is 8.44. The first kappa shape index (κ1) is 21.9. The van der Waals surface area contributed by atoms with Crippen LogP contribution in [0.4, 0.5) is 11.4 Å². The van der Waals surface area contributed by atoms with Crippen LogP contribution >= 0.6 is 11.6 Å². The molecule has 0 saturated heterocycles. The number of pyridine rings is 2. The average molecular weight is 478 g/mol. The Labute approximate surface area is 199 Å². The van der Waals surface area contributed by atoms with Gasteiger partial charge in [-0.05, 0) is 25.1 Å². The van der Waals surface area contributed by atoms with Crippen molar-refractivity contribution in [2.75, 3.05) is 24.4 Å². The largest absolute Gasteiger partial charge is 0.439 e. The Morgan fingerprint density at radius 1 is 1.18 bits per heavy atom.